The Morgan fingerprint density at radius 3 is 2.67 bits per heavy atom. The van der Waals surface area contributed by atoms with Gasteiger partial charge in [0.15, 0.2) is 0 Å². The van der Waals surface area contributed by atoms with E-state index in [4.69, 9.17) is 4.74 Å². The second-order valence-corrected chi connectivity index (χ2v) is 3.57. The van der Waals surface area contributed by atoms with Crippen LogP contribution in [0.1, 0.15) is 18.4 Å². The number of nitrogens with zero attached hydrogens (tertiary/aromatic N) is 1. The van der Waals surface area contributed by atoms with Crippen LogP contribution in [0.2, 0.25) is 0 Å². The molecule has 0 atom stereocenters. The minimum absolute atomic E-state index is 0.383. The predicted molar refractivity (Wildman–Crippen MR) is 58.2 cm³/mol. The van der Waals surface area contributed by atoms with Gasteiger partial charge in [0, 0.05) is 0 Å². The molecule has 1 amide bonds. The van der Waals surface area contributed by atoms with Crippen LogP contribution in [0.3, 0.4) is 0 Å². The van der Waals surface area contributed by atoms with Gasteiger partial charge in [-0.1, -0.05) is 30.3 Å². The summed E-state index contributed by atoms with van der Waals surface area (Å²) in [7, 11) is 0. The van der Waals surface area contributed by atoms with Gasteiger partial charge < -0.3 is 4.74 Å². The number of cyclic esters (lactones) is 1. The maximum Gasteiger partial charge on any atom is 0.433 e. The molecular formula is C12H13NO2. The van der Waals surface area contributed by atoms with Gasteiger partial charge in [-0.15, -0.1) is 0 Å². The van der Waals surface area contributed by atoms with Crippen LogP contribution >= 0.6 is 0 Å². The van der Waals surface area contributed by atoms with Crippen LogP contribution < -0.4 is 0 Å². The monoisotopic (exact) mass is 203 g/mol. The van der Waals surface area contributed by atoms with Crippen molar-refractivity contribution in [3.05, 3.63) is 35.9 Å². The number of hydrogen-bond acceptors (Lipinski definition) is 2. The molecule has 0 spiro atoms. The molecule has 0 radical (unpaired) electrons. The third kappa shape index (κ3) is 2.91. The highest BCUT2D eigenvalue weighted by atomic mass is 16.6. The van der Waals surface area contributed by atoms with Crippen molar-refractivity contribution in [3.8, 4) is 0 Å². The molecule has 1 aromatic rings. The van der Waals surface area contributed by atoms with Crippen LogP contribution in [0.15, 0.2) is 35.3 Å². The van der Waals surface area contributed by atoms with Gasteiger partial charge in [-0.3, -0.25) is 0 Å². The first-order valence-corrected chi connectivity index (χ1v) is 5.12. The Hall–Kier alpha value is -1.64. The van der Waals surface area contributed by atoms with Crippen molar-refractivity contribution in [2.45, 2.75) is 19.3 Å². The summed E-state index contributed by atoms with van der Waals surface area (Å²) in [5.41, 5.74) is 2.19. The van der Waals surface area contributed by atoms with Crippen LogP contribution in [0.25, 0.3) is 0 Å². The lowest BCUT2D eigenvalue weighted by molar-refractivity contribution is 0.181. The van der Waals surface area contributed by atoms with E-state index in [1.165, 1.54) is 5.56 Å². The average molecular weight is 203 g/mol. The molecule has 78 valence electrons. The van der Waals surface area contributed by atoms with Gasteiger partial charge in [0.1, 0.15) is 6.61 Å². The van der Waals surface area contributed by atoms with Crippen molar-refractivity contribution in [1.82, 2.24) is 0 Å². The Labute approximate surface area is 88.8 Å². The zero-order valence-electron chi connectivity index (χ0n) is 8.48. The highest BCUT2D eigenvalue weighted by molar-refractivity contribution is 5.98. The van der Waals surface area contributed by atoms with E-state index in [0.717, 1.165) is 25.0 Å². The molecule has 15 heavy (non-hydrogen) atoms. The number of hydrogen-bond donors (Lipinski definition) is 0. The summed E-state index contributed by atoms with van der Waals surface area (Å²) in [6.45, 7) is 0.383. The average Bonchev–Trinajstić information content (AvgIpc) is 2.66. The van der Waals surface area contributed by atoms with E-state index in [1.807, 2.05) is 18.2 Å². The van der Waals surface area contributed by atoms with Gasteiger partial charge in [0.2, 0.25) is 0 Å². The molecule has 1 aliphatic heterocycles. The van der Waals surface area contributed by atoms with Crippen LogP contribution in [0, 0.1) is 0 Å². The Morgan fingerprint density at radius 1 is 1.20 bits per heavy atom. The second kappa shape index (κ2) is 4.73. The first-order chi connectivity index (χ1) is 7.34. The van der Waals surface area contributed by atoms with E-state index in [1.54, 1.807) is 0 Å². The van der Waals surface area contributed by atoms with Crippen molar-refractivity contribution in [2.75, 3.05) is 6.61 Å². The second-order valence-electron chi connectivity index (χ2n) is 3.57. The van der Waals surface area contributed by atoms with Gasteiger partial charge in [-0.05, 0) is 24.8 Å². The minimum atomic E-state index is -0.440. The predicted octanol–water partition coefficient (Wildman–Crippen LogP) is 2.60. The largest absolute Gasteiger partial charge is 0.442 e. The standard InChI is InChI=1S/C12H13NO2/c14-12-13-11(9-15-12)8-4-7-10-5-2-1-3-6-10/h1-3,5-6H,4,7-9H2. The summed E-state index contributed by atoms with van der Waals surface area (Å²) in [5, 5.41) is 0. The summed E-state index contributed by atoms with van der Waals surface area (Å²) >= 11 is 0. The quantitative estimate of drug-likeness (QED) is 0.754. The fourth-order valence-corrected chi connectivity index (χ4v) is 1.61. The van der Waals surface area contributed by atoms with E-state index < -0.39 is 6.09 Å². The highest BCUT2D eigenvalue weighted by Gasteiger charge is 2.13. The van der Waals surface area contributed by atoms with E-state index in [9.17, 15) is 4.79 Å². The number of amides is 1. The van der Waals surface area contributed by atoms with Crippen LogP contribution in [0.4, 0.5) is 4.79 Å². The molecule has 3 nitrogen and oxygen atoms in total. The molecule has 3 heteroatoms. The number of aryl methyl sites for hydroxylation is 1. The number of ether oxygens (including phenoxy) is 1. The molecule has 0 N–H and O–H groups in total. The molecule has 1 aliphatic rings. The zero-order valence-corrected chi connectivity index (χ0v) is 8.48. The number of carbonyl (C=O) groups excluding carboxylic acids is 1. The topological polar surface area (TPSA) is 38.7 Å². The summed E-state index contributed by atoms with van der Waals surface area (Å²) in [6, 6.07) is 10.3. The highest BCUT2D eigenvalue weighted by Crippen LogP contribution is 2.08. The van der Waals surface area contributed by atoms with Gasteiger partial charge in [0.05, 0.1) is 5.71 Å². The number of aliphatic imine (C=N–C) groups is 1. The maximum atomic E-state index is 10.7. The zero-order chi connectivity index (χ0) is 10.5. The summed E-state index contributed by atoms with van der Waals surface area (Å²) in [5.74, 6) is 0. The summed E-state index contributed by atoms with van der Waals surface area (Å²) in [6.07, 6.45) is 2.44. The Morgan fingerprint density at radius 2 is 2.00 bits per heavy atom. The molecule has 0 bridgehead atoms. The Bertz CT molecular complexity index is 370. The normalized spacial score (nSPS) is 14.9. The van der Waals surface area contributed by atoms with Gasteiger partial charge in [-0.2, -0.15) is 4.99 Å². The molecule has 0 saturated carbocycles. The molecule has 2 rings (SSSR count). The van der Waals surface area contributed by atoms with Crippen molar-refractivity contribution in [1.29, 1.82) is 0 Å². The van der Waals surface area contributed by atoms with Gasteiger partial charge >= 0.3 is 6.09 Å². The molecule has 1 aromatic carbocycles. The van der Waals surface area contributed by atoms with Crippen LogP contribution in [-0.2, 0) is 11.2 Å². The molecular weight excluding hydrogens is 190 g/mol. The van der Waals surface area contributed by atoms with E-state index in [-0.39, 0.29) is 0 Å². The van der Waals surface area contributed by atoms with Crippen LogP contribution in [-0.4, -0.2) is 18.4 Å². The summed E-state index contributed by atoms with van der Waals surface area (Å²) in [4.78, 5) is 14.5. The number of carbonyl (C=O) groups is 1. The summed E-state index contributed by atoms with van der Waals surface area (Å²) < 4.78 is 4.73. The van der Waals surface area contributed by atoms with Crippen molar-refractivity contribution in [2.24, 2.45) is 4.99 Å². The molecule has 0 aliphatic carbocycles. The maximum absolute atomic E-state index is 10.7. The van der Waals surface area contributed by atoms with Gasteiger partial charge in [-0.25, -0.2) is 4.79 Å². The first-order valence-electron chi connectivity index (χ1n) is 5.12. The number of benzene rings is 1. The lowest BCUT2D eigenvalue weighted by Gasteiger charge is -2.00. The smallest absolute Gasteiger partial charge is 0.433 e. The van der Waals surface area contributed by atoms with Crippen molar-refractivity contribution in [3.63, 3.8) is 0 Å². The minimum Gasteiger partial charge on any atom is -0.442 e. The first kappa shape index (κ1) is 9.90. The fraction of sp³-hybridized carbons (Fsp3) is 0.333. The van der Waals surface area contributed by atoms with E-state index >= 15 is 0 Å². The van der Waals surface area contributed by atoms with Gasteiger partial charge in [0.25, 0.3) is 0 Å². The molecule has 0 unspecified atom stereocenters. The molecule has 0 saturated heterocycles. The lowest BCUT2D eigenvalue weighted by Crippen LogP contribution is -2.01. The Balaban J connectivity index is 1.76. The fourth-order valence-electron chi connectivity index (χ4n) is 1.61. The number of rotatable bonds is 4. The van der Waals surface area contributed by atoms with E-state index in [2.05, 4.69) is 17.1 Å². The lowest BCUT2D eigenvalue weighted by atomic mass is 10.1. The van der Waals surface area contributed by atoms with Crippen molar-refractivity contribution >= 4 is 11.8 Å². The Kier molecular flexibility index (Phi) is 3.12. The van der Waals surface area contributed by atoms with Crippen LogP contribution in [0.5, 0.6) is 0 Å². The molecule has 0 fully saturated rings. The third-order valence-corrected chi connectivity index (χ3v) is 2.39. The molecule has 0 aromatic heterocycles. The van der Waals surface area contributed by atoms with Crippen molar-refractivity contribution < 1.29 is 9.53 Å². The van der Waals surface area contributed by atoms with E-state index in [0.29, 0.717) is 6.61 Å². The third-order valence-electron chi connectivity index (χ3n) is 2.39. The SMILES string of the molecule is O=C1N=C(CCCc2ccccc2)CO1. The molecule has 1 heterocycles.